The number of rotatable bonds is 4. The number of ketones is 1. The third kappa shape index (κ3) is 2.91. The Labute approximate surface area is 126 Å². The molecule has 1 aromatic rings. The number of para-hydroxylation sites is 1. The maximum absolute atomic E-state index is 13.0. The highest BCUT2D eigenvalue weighted by molar-refractivity contribution is 6.02. The first-order chi connectivity index (χ1) is 9.72. The highest BCUT2D eigenvalue weighted by Gasteiger charge is 2.49. The summed E-state index contributed by atoms with van der Waals surface area (Å²) in [5, 5.41) is 0. The fourth-order valence-corrected chi connectivity index (χ4v) is 3.24. The van der Waals surface area contributed by atoms with Crippen molar-refractivity contribution in [2.45, 2.75) is 45.3 Å². The average Bonchev–Trinajstić information content (AvgIpc) is 2.64. The highest BCUT2D eigenvalue weighted by Crippen LogP contribution is 2.45. The number of Topliss-reactive ketones (excluding diaryl/α,β-unsaturated/α-hetero) is 1. The van der Waals surface area contributed by atoms with Crippen molar-refractivity contribution in [2.24, 2.45) is 5.92 Å². The summed E-state index contributed by atoms with van der Waals surface area (Å²) in [6.45, 7) is 7.98. The fraction of sp³-hybridized carbons (Fsp3) is 0.588. The quantitative estimate of drug-likeness (QED) is 0.797. The molecule has 0 bridgehead atoms. The molecule has 1 fully saturated rings. The van der Waals surface area contributed by atoms with Crippen LogP contribution < -0.4 is 9.47 Å². The van der Waals surface area contributed by atoms with Crippen LogP contribution in [0.2, 0.25) is 0 Å². The molecule has 21 heavy (non-hydrogen) atoms. The van der Waals surface area contributed by atoms with E-state index in [1.165, 1.54) is 0 Å². The van der Waals surface area contributed by atoms with Gasteiger partial charge < -0.3 is 14.2 Å². The Morgan fingerprint density at radius 1 is 1.19 bits per heavy atom. The first-order valence-corrected chi connectivity index (χ1v) is 7.17. The Bertz CT molecular complexity index is 546. The van der Waals surface area contributed by atoms with Gasteiger partial charge in [-0.15, -0.1) is 0 Å². The van der Waals surface area contributed by atoms with E-state index < -0.39 is 5.60 Å². The zero-order valence-electron chi connectivity index (χ0n) is 13.6. The normalized spacial score (nSPS) is 22.9. The Hall–Kier alpha value is -1.55. The summed E-state index contributed by atoms with van der Waals surface area (Å²) in [7, 11) is 3.12. The second-order valence-electron chi connectivity index (χ2n) is 6.63. The SMILES string of the molecule is COc1cccc(C(=O)C2CC(C)(C)OC2(C)C)c1OC. The molecule has 4 heteroatoms. The molecule has 0 aliphatic carbocycles. The molecule has 0 aromatic heterocycles. The third-order valence-corrected chi connectivity index (χ3v) is 4.06. The van der Waals surface area contributed by atoms with Crippen molar-refractivity contribution < 1.29 is 19.0 Å². The summed E-state index contributed by atoms with van der Waals surface area (Å²) in [6, 6.07) is 5.38. The number of methoxy groups -OCH3 is 2. The van der Waals surface area contributed by atoms with Gasteiger partial charge >= 0.3 is 0 Å². The zero-order chi connectivity index (χ0) is 15.8. The van der Waals surface area contributed by atoms with Crippen LogP contribution in [-0.4, -0.2) is 31.2 Å². The minimum Gasteiger partial charge on any atom is -0.493 e. The highest BCUT2D eigenvalue weighted by atomic mass is 16.5. The van der Waals surface area contributed by atoms with E-state index in [2.05, 4.69) is 0 Å². The number of hydrogen-bond acceptors (Lipinski definition) is 4. The van der Waals surface area contributed by atoms with Crippen molar-refractivity contribution in [2.75, 3.05) is 14.2 Å². The lowest BCUT2D eigenvalue weighted by atomic mass is 9.81. The molecule has 1 saturated heterocycles. The average molecular weight is 292 g/mol. The number of carbonyl (C=O) groups is 1. The van der Waals surface area contributed by atoms with Gasteiger partial charge in [0.15, 0.2) is 17.3 Å². The molecule has 1 aliphatic heterocycles. The fourth-order valence-electron chi connectivity index (χ4n) is 3.24. The number of ether oxygens (including phenoxy) is 3. The van der Waals surface area contributed by atoms with Crippen LogP contribution >= 0.6 is 0 Å². The maximum Gasteiger partial charge on any atom is 0.172 e. The minimum absolute atomic E-state index is 0.0429. The molecule has 116 valence electrons. The molecule has 0 spiro atoms. The topological polar surface area (TPSA) is 44.8 Å². The Morgan fingerprint density at radius 2 is 1.86 bits per heavy atom. The predicted octanol–water partition coefficient (Wildman–Crippen LogP) is 3.48. The first-order valence-electron chi connectivity index (χ1n) is 7.17. The van der Waals surface area contributed by atoms with Gasteiger partial charge in [0.1, 0.15) is 0 Å². The molecule has 1 heterocycles. The number of benzene rings is 1. The Balaban J connectivity index is 2.41. The van der Waals surface area contributed by atoms with Crippen LogP contribution in [0.4, 0.5) is 0 Å². The summed E-state index contributed by atoms with van der Waals surface area (Å²) in [6.07, 6.45) is 0.694. The van der Waals surface area contributed by atoms with Crippen molar-refractivity contribution in [3.63, 3.8) is 0 Å². The summed E-state index contributed by atoms with van der Waals surface area (Å²) in [5.41, 5.74) is -0.235. The monoisotopic (exact) mass is 292 g/mol. The van der Waals surface area contributed by atoms with Gasteiger partial charge in [-0.25, -0.2) is 0 Å². The summed E-state index contributed by atoms with van der Waals surface area (Å²) in [5.74, 6) is 0.902. The Kier molecular flexibility index (Phi) is 4.02. The van der Waals surface area contributed by atoms with E-state index in [0.717, 1.165) is 0 Å². The second kappa shape index (κ2) is 5.34. The standard InChI is InChI=1S/C17H24O4/c1-16(2)10-12(17(3,4)21-16)14(18)11-8-7-9-13(19-5)15(11)20-6/h7-9,12H,10H2,1-6H3. The molecule has 0 N–H and O–H groups in total. The molecule has 1 aromatic carbocycles. The molecule has 1 atom stereocenters. The minimum atomic E-state index is -0.491. The van der Waals surface area contributed by atoms with Gasteiger partial charge in [-0.1, -0.05) is 6.07 Å². The molecule has 4 nitrogen and oxygen atoms in total. The molecule has 0 radical (unpaired) electrons. The van der Waals surface area contributed by atoms with E-state index in [1.807, 2.05) is 33.8 Å². The predicted molar refractivity (Wildman–Crippen MR) is 81.2 cm³/mol. The van der Waals surface area contributed by atoms with E-state index in [4.69, 9.17) is 14.2 Å². The second-order valence-corrected chi connectivity index (χ2v) is 6.63. The van der Waals surface area contributed by atoms with Crippen LogP contribution in [0.15, 0.2) is 18.2 Å². The van der Waals surface area contributed by atoms with Gasteiger partial charge in [-0.3, -0.25) is 4.79 Å². The summed E-state index contributed by atoms with van der Waals surface area (Å²) < 4.78 is 16.7. The third-order valence-electron chi connectivity index (χ3n) is 4.06. The van der Waals surface area contributed by atoms with Crippen molar-refractivity contribution in [3.05, 3.63) is 23.8 Å². The largest absolute Gasteiger partial charge is 0.493 e. The molecule has 1 aliphatic rings. The first kappa shape index (κ1) is 15.8. The molecular weight excluding hydrogens is 268 g/mol. The van der Waals surface area contributed by atoms with Crippen LogP contribution in [0.3, 0.4) is 0 Å². The maximum atomic E-state index is 13.0. The van der Waals surface area contributed by atoms with Gasteiger partial charge in [0.25, 0.3) is 0 Å². The molecule has 0 saturated carbocycles. The van der Waals surface area contributed by atoms with Crippen LogP contribution in [0, 0.1) is 5.92 Å². The van der Waals surface area contributed by atoms with Crippen LogP contribution in [0.5, 0.6) is 11.5 Å². The summed E-state index contributed by atoms with van der Waals surface area (Å²) >= 11 is 0. The Morgan fingerprint density at radius 3 is 2.33 bits per heavy atom. The number of carbonyl (C=O) groups excluding carboxylic acids is 1. The van der Waals surface area contributed by atoms with Gasteiger partial charge in [0.2, 0.25) is 0 Å². The van der Waals surface area contributed by atoms with Crippen molar-refractivity contribution >= 4 is 5.78 Å². The number of hydrogen-bond donors (Lipinski definition) is 0. The van der Waals surface area contributed by atoms with Gasteiger partial charge in [0, 0.05) is 0 Å². The molecule has 2 rings (SSSR count). The zero-order valence-corrected chi connectivity index (χ0v) is 13.6. The smallest absolute Gasteiger partial charge is 0.172 e. The lowest BCUT2D eigenvalue weighted by Crippen LogP contribution is -2.34. The van der Waals surface area contributed by atoms with E-state index in [1.54, 1.807) is 26.4 Å². The van der Waals surface area contributed by atoms with Gasteiger partial charge in [-0.2, -0.15) is 0 Å². The lowest BCUT2D eigenvalue weighted by molar-refractivity contribution is -0.0712. The van der Waals surface area contributed by atoms with Gasteiger partial charge in [-0.05, 0) is 46.2 Å². The lowest BCUT2D eigenvalue weighted by Gasteiger charge is -2.27. The van der Waals surface area contributed by atoms with Crippen molar-refractivity contribution in [1.82, 2.24) is 0 Å². The molecular formula is C17H24O4. The summed E-state index contributed by atoms with van der Waals surface area (Å²) in [4.78, 5) is 13.0. The van der Waals surface area contributed by atoms with Crippen LogP contribution in [0.25, 0.3) is 0 Å². The van der Waals surface area contributed by atoms with E-state index in [0.29, 0.717) is 23.5 Å². The molecule has 0 amide bonds. The van der Waals surface area contributed by atoms with Crippen molar-refractivity contribution in [3.8, 4) is 11.5 Å². The van der Waals surface area contributed by atoms with Crippen LogP contribution in [0.1, 0.15) is 44.5 Å². The van der Waals surface area contributed by atoms with Crippen LogP contribution in [-0.2, 0) is 4.74 Å². The van der Waals surface area contributed by atoms with Crippen molar-refractivity contribution in [1.29, 1.82) is 0 Å². The van der Waals surface area contributed by atoms with Gasteiger partial charge in [0.05, 0.1) is 36.9 Å². The van der Waals surface area contributed by atoms with E-state index >= 15 is 0 Å². The molecule has 1 unspecified atom stereocenters. The van der Waals surface area contributed by atoms with E-state index in [-0.39, 0.29) is 17.3 Å². The van der Waals surface area contributed by atoms with E-state index in [9.17, 15) is 4.79 Å².